The standard InChI is InChI=1S/C12H17BrN2O2/c1-2-3-4-7-17-11-6-5-9(13)8-10(11)12(14)15-16/h5-6,8,16H,2-4,7H2,1H3,(H2,14,15). The summed E-state index contributed by atoms with van der Waals surface area (Å²) in [4.78, 5) is 0. The lowest BCUT2D eigenvalue weighted by Crippen LogP contribution is -2.15. The van der Waals surface area contributed by atoms with E-state index in [9.17, 15) is 0 Å². The summed E-state index contributed by atoms with van der Waals surface area (Å²) in [7, 11) is 0. The lowest BCUT2D eigenvalue weighted by molar-refractivity contribution is 0.303. The first kappa shape index (κ1) is 13.8. The molecule has 0 aliphatic heterocycles. The van der Waals surface area contributed by atoms with Gasteiger partial charge in [-0.1, -0.05) is 40.9 Å². The van der Waals surface area contributed by atoms with Crippen LogP contribution in [0.2, 0.25) is 0 Å². The zero-order chi connectivity index (χ0) is 12.7. The summed E-state index contributed by atoms with van der Waals surface area (Å²) < 4.78 is 6.49. The Bertz CT molecular complexity index is 394. The Morgan fingerprint density at radius 2 is 2.24 bits per heavy atom. The van der Waals surface area contributed by atoms with E-state index in [1.165, 1.54) is 0 Å². The van der Waals surface area contributed by atoms with Gasteiger partial charge in [0, 0.05) is 4.47 Å². The van der Waals surface area contributed by atoms with Gasteiger partial charge in [0.25, 0.3) is 0 Å². The van der Waals surface area contributed by atoms with Gasteiger partial charge in [0.2, 0.25) is 0 Å². The monoisotopic (exact) mass is 300 g/mol. The number of hydrogen-bond donors (Lipinski definition) is 2. The highest BCUT2D eigenvalue weighted by Crippen LogP contribution is 2.23. The first-order valence-corrected chi connectivity index (χ1v) is 6.38. The SMILES string of the molecule is CCCCCOc1ccc(Br)cc1/C(N)=N/O. The van der Waals surface area contributed by atoms with Gasteiger partial charge in [0.05, 0.1) is 12.2 Å². The Morgan fingerprint density at radius 1 is 1.47 bits per heavy atom. The second-order valence-electron chi connectivity index (χ2n) is 3.68. The third-order valence-electron chi connectivity index (χ3n) is 2.33. The topological polar surface area (TPSA) is 67.8 Å². The van der Waals surface area contributed by atoms with E-state index in [0.717, 1.165) is 23.7 Å². The van der Waals surface area contributed by atoms with E-state index >= 15 is 0 Å². The molecule has 0 unspecified atom stereocenters. The molecule has 0 aliphatic rings. The Kier molecular flexibility index (Phi) is 5.83. The molecule has 17 heavy (non-hydrogen) atoms. The number of hydrogen-bond acceptors (Lipinski definition) is 3. The first-order chi connectivity index (χ1) is 8.19. The van der Waals surface area contributed by atoms with E-state index in [2.05, 4.69) is 28.0 Å². The van der Waals surface area contributed by atoms with Gasteiger partial charge in [-0.05, 0) is 24.6 Å². The Hall–Kier alpha value is -1.23. The number of amidine groups is 1. The smallest absolute Gasteiger partial charge is 0.173 e. The van der Waals surface area contributed by atoms with Crippen molar-refractivity contribution in [3.63, 3.8) is 0 Å². The van der Waals surface area contributed by atoms with Gasteiger partial charge in [-0.25, -0.2) is 0 Å². The molecule has 0 fully saturated rings. The molecule has 5 heteroatoms. The van der Waals surface area contributed by atoms with Crippen molar-refractivity contribution in [3.8, 4) is 5.75 Å². The molecule has 3 N–H and O–H groups in total. The predicted molar refractivity (Wildman–Crippen MR) is 71.7 cm³/mol. The van der Waals surface area contributed by atoms with Crippen LogP contribution < -0.4 is 10.5 Å². The number of unbranched alkanes of at least 4 members (excludes halogenated alkanes) is 2. The molecule has 1 aromatic rings. The second-order valence-corrected chi connectivity index (χ2v) is 4.60. The summed E-state index contributed by atoms with van der Waals surface area (Å²) in [6, 6.07) is 5.44. The highest BCUT2D eigenvalue weighted by atomic mass is 79.9. The van der Waals surface area contributed by atoms with Crippen LogP contribution in [-0.2, 0) is 0 Å². The van der Waals surface area contributed by atoms with Gasteiger partial charge in [0.1, 0.15) is 5.75 Å². The average molecular weight is 301 g/mol. The molecule has 0 heterocycles. The van der Waals surface area contributed by atoms with Crippen LogP contribution in [0.3, 0.4) is 0 Å². The summed E-state index contributed by atoms with van der Waals surface area (Å²) in [6.07, 6.45) is 3.29. The van der Waals surface area contributed by atoms with Crippen molar-refractivity contribution < 1.29 is 9.94 Å². The highest BCUT2D eigenvalue weighted by molar-refractivity contribution is 9.10. The molecule has 0 saturated heterocycles. The van der Waals surface area contributed by atoms with E-state index in [-0.39, 0.29) is 5.84 Å². The third-order valence-corrected chi connectivity index (χ3v) is 2.82. The van der Waals surface area contributed by atoms with Crippen LogP contribution in [0, 0.1) is 0 Å². The maximum Gasteiger partial charge on any atom is 0.173 e. The molecule has 4 nitrogen and oxygen atoms in total. The van der Waals surface area contributed by atoms with Crippen molar-refractivity contribution in [2.75, 3.05) is 6.61 Å². The molecular formula is C12H17BrN2O2. The number of nitrogens with zero attached hydrogens (tertiary/aromatic N) is 1. The number of benzene rings is 1. The maximum absolute atomic E-state index is 8.71. The minimum Gasteiger partial charge on any atom is -0.493 e. The van der Waals surface area contributed by atoms with E-state index in [1.54, 1.807) is 6.07 Å². The highest BCUT2D eigenvalue weighted by Gasteiger charge is 2.08. The lowest BCUT2D eigenvalue weighted by Gasteiger charge is -2.10. The van der Waals surface area contributed by atoms with E-state index in [4.69, 9.17) is 15.7 Å². The van der Waals surface area contributed by atoms with Crippen molar-refractivity contribution in [3.05, 3.63) is 28.2 Å². The van der Waals surface area contributed by atoms with Crippen molar-refractivity contribution in [1.29, 1.82) is 0 Å². The van der Waals surface area contributed by atoms with Crippen molar-refractivity contribution >= 4 is 21.8 Å². The quantitative estimate of drug-likeness (QED) is 0.279. The van der Waals surface area contributed by atoms with Gasteiger partial charge in [-0.2, -0.15) is 0 Å². The molecule has 0 spiro atoms. The zero-order valence-electron chi connectivity index (χ0n) is 9.82. The number of halogens is 1. The van der Waals surface area contributed by atoms with Gasteiger partial charge in [-0.3, -0.25) is 0 Å². The molecular weight excluding hydrogens is 284 g/mol. The largest absolute Gasteiger partial charge is 0.493 e. The fraction of sp³-hybridized carbons (Fsp3) is 0.417. The third kappa shape index (κ3) is 4.26. The van der Waals surface area contributed by atoms with Crippen molar-refractivity contribution in [1.82, 2.24) is 0 Å². The fourth-order valence-corrected chi connectivity index (χ4v) is 1.78. The zero-order valence-corrected chi connectivity index (χ0v) is 11.4. The van der Waals surface area contributed by atoms with Crippen LogP contribution in [-0.4, -0.2) is 17.6 Å². The molecule has 1 aromatic carbocycles. The van der Waals surface area contributed by atoms with Gasteiger partial charge >= 0.3 is 0 Å². The van der Waals surface area contributed by atoms with E-state index in [0.29, 0.717) is 17.9 Å². The summed E-state index contributed by atoms with van der Waals surface area (Å²) in [5, 5.41) is 11.7. The molecule has 0 aromatic heterocycles. The second kappa shape index (κ2) is 7.17. The van der Waals surface area contributed by atoms with Crippen molar-refractivity contribution in [2.24, 2.45) is 10.9 Å². The molecule has 0 amide bonds. The summed E-state index contributed by atoms with van der Waals surface area (Å²) in [6.45, 7) is 2.78. The van der Waals surface area contributed by atoms with Crippen LogP contribution in [0.5, 0.6) is 5.75 Å². The first-order valence-electron chi connectivity index (χ1n) is 5.59. The average Bonchev–Trinajstić information content (AvgIpc) is 2.35. The molecule has 0 aliphatic carbocycles. The maximum atomic E-state index is 8.71. The lowest BCUT2D eigenvalue weighted by atomic mass is 10.2. The normalized spacial score (nSPS) is 11.5. The van der Waals surface area contributed by atoms with E-state index < -0.39 is 0 Å². The number of ether oxygens (including phenoxy) is 1. The Balaban J connectivity index is 2.76. The molecule has 94 valence electrons. The van der Waals surface area contributed by atoms with Crippen LogP contribution in [0.25, 0.3) is 0 Å². The van der Waals surface area contributed by atoms with Crippen LogP contribution in [0.15, 0.2) is 27.8 Å². The summed E-state index contributed by atoms with van der Waals surface area (Å²) >= 11 is 3.34. The number of oxime groups is 1. The summed E-state index contributed by atoms with van der Waals surface area (Å²) in [5.74, 6) is 0.691. The van der Waals surface area contributed by atoms with Gasteiger partial charge in [-0.15, -0.1) is 0 Å². The van der Waals surface area contributed by atoms with Gasteiger partial charge < -0.3 is 15.7 Å². The van der Waals surface area contributed by atoms with Crippen LogP contribution in [0.1, 0.15) is 31.7 Å². The van der Waals surface area contributed by atoms with Crippen LogP contribution >= 0.6 is 15.9 Å². The molecule has 0 saturated carbocycles. The predicted octanol–water partition coefficient (Wildman–Crippen LogP) is 3.11. The number of nitrogens with two attached hydrogens (primary N) is 1. The minimum absolute atomic E-state index is 0.0526. The Morgan fingerprint density at radius 3 is 2.88 bits per heavy atom. The molecule has 0 atom stereocenters. The van der Waals surface area contributed by atoms with Crippen molar-refractivity contribution in [2.45, 2.75) is 26.2 Å². The molecule has 0 radical (unpaired) electrons. The van der Waals surface area contributed by atoms with Gasteiger partial charge in [0.15, 0.2) is 5.84 Å². The molecule has 0 bridgehead atoms. The van der Waals surface area contributed by atoms with E-state index in [1.807, 2.05) is 12.1 Å². The number of rotatable bonds is 6. The summed E-state index contributed by atoms with van der Waals surface area (Å²) in [5.41, 5.74) is 6.19. The molecule has 1 rings (SSSR count). The fourth-order valence-electron chi connectivity index (χ4n) is 1.42. The minimum atomic E-state index is 0.0526. The van der Waals surface area contributed by atoms with Crippen LogP contribution in [0.4, 0.5) is 0 Å². The Labute approximate surface area is 110 Å².